The summed E-state index contributed by atoms with van der Waals surface area (Å²) in [4.78, 5) is 24.5. The molecule has 0 bridgehead atoms. The zero-order chi connectivity index (χ0) is 17.4. The first-order valence-corrected chi connectivity index (χ1v) is 8.20. The number of ether oxygens (including phenoxy) is 4. The smallest absolute Gasteiger partial charge is 0.338 e. The van der Waals surface area contributed by atoms with E-state index in [9.17, 15) is 9.59 Å². The molecule has 0 aromatic carbocycles. The Balaban J connectivity index is 2.31. The summed E-state index contributed by atoms with van der Waals surface area (Å²) in [7, 11) is 2.93. The summed E-state index contributed by atoms with van der Waals surface area (Å²) < 4.78 is 22.4. The molecule has 2 aliphatic rings. The highest BCUT2D eigenvalue weighted by Crippen LogP contribution is 2.44. The molecule has 0 unspecified atom stereocenters. The zero-order valence-electron chi connectivity index (χ0n) is 14.9. The number of hydrogen-bond donors (Lipinski definition) is 0. The van der Waals surface area contributed by atoms with Crippen LogP contribution in [-0.2, 0) is 28.5 Å². The topological polar surface area (TPSA) is 71.1 Å². The fourth-order valence-corrected chi connectivity index (χ4v) is 3.68. The predicted molar refractivity (Wildman–Crippen MR) is 82.5 cm³/mol. The summed E-state index contributed by atoms with van der Waals surface area (Å²) in [5, 5.41) is 0. The molecule has 0 N–H and O–H groups in total. The standard InChI is InChI=1S/C17H28O6/c1-10(2)12-8-7-11(18)9-13(12)14-15(19)23-17(4,21-6)16(3,20-5)22-14/h10,12-14H,7-9H2,1-6H3/t12-,13+,14+,16-,17-/m1/s1. The van der Waals surface area contributed by atoms with E-state index in [1.165, 1.54) is 14.2 Å². The van der Waals surface area contributed by atoms with E-state index in [2.05, 4.69) is 13.8 Å². The van der Waals surface area contributed by atoms with Gasteiger partial charge < -0.3 is 18.9 Å². The van der Waals surface area contributed by atoms with Crippen LogP contribution in [0, 0.1) is 17.8 Å². The lowest BCUT2D eigenvalue weighted by molar-refractivity contribution is -0.410. The first-order valence-electron chi connectivity index (χ1n) is 8.20. The fourth-order valence-electron chi connectivity index (χ4n) is 3.68. The monoisotopic (exact) mass is 328 g/mol. The SMILES string of the molecule is CO[C@]1(C)OC(=O)[C@H]([C@H]2CC(=O)CC[C@@H]2C(C)C)O[C@@]1(C)OC. The minimum Gasteiger partial charge on any atom is -0.425 e. The van der Waals surface area contributed by atoms with E-state index in [4.69, 9.17) is 18.9 Å². The van der Waals surface area contributed by atoms with Crippen molar-refractivity contribution in [1.29, 1.82) is 0 Å². The third kappa shape index (κ3) is 3.16. The number of carbonyl (C=O) groups excluding carboxylic acids is 2. The first kappa shape index (κ1) is 18.4. The van der Waals surface area contributed by atoms with Crippen LogP contribution in [0.15, 0.2) is 0 Å². The van der Waals surface area contributed by atoms with Crippen LogP contribution in [0.5, 0.6) is 0 Å². The van der Waals surface area contributed by atoms with E-state index >= 15 is 0 Å². The molecule has 6 heteroatoms. The van der Waals surface area contributed by atoms with E-state index in [1.54, 1.807) is 13.8 Å². The Labute approximate surface area is 137 Å². The molecule has 0 amide bonds. The molecule has 2 fully saturated rings. The number of methoxy groups -OCH3 is 2. The molecule has 5 atom stereocenters. The van der Waals surface area contributed by atoms with Crippen LogP contribution < -0.4 is 0 Å². The Morgan fingerprint density at radius 2 is 1.74 bits per heavy atom. The van der Waals surface area contributed by atoms with Gasteiger partial charge in [-0.05, 0) is 25.2 Å². The molecule has 0 aromatic heterocycles. The van der Waals surface area contributed by atoms with Gasteiger partial charge in [0.2, 0.25) is 5.79 Å². The van der Waals surface area contributed by atoms with Gasteiger partial charge in [0.1, 0.15) is 5.78 Å². The Hall–Kier alpha value is -0.980. The van der Waals surface area contributed by atoms with Crippen molar-refractivity contribution in [2.45, 2.75) is 64.6 Å². The highest BCUT2D eigenvalue weighted by molar-refractivity contribution is 5.82. The highest BCUT2D eigenvalue weighted by Gasteiger charge is 2.59. The van der Waals surface area contributed by atoms with Crippen molar-refractivity contribution in [3.05, 3.63) is 0 Å². The molecule has 1 heterocycles. The van der Waals surface area contributed by atoms with Gasteiger partial charge >= 0.3 is 5.97 Å². The number of ketones is 1. The molecule has 1 saturated heterocycles. The maximum Gasteiger partial charge on any atom is 0.338 e. The van der Waals surface area contributed by atoms with E-state index in [-0.39, 0.29) is 17.6 Å². The van der Waals surface area contributed by atoms with Crippen molar-refractivity contribution in [1.82, 2.24) is 0 Å². The molecular weight excluding hydrogens is 300 g/mol. The van der Waals surface area contributed by atoms with E-state index in [0.717, 1.165) is 6.42 Å². The van der Waals surface area contributed by atoms with Gasteiger partial charge in [0.15, 0.2) is 6.10 Å². The van der Waals surface area contributed by atoms with Crippen LogP contribution in [0.1, 0.15) is 47.0 Å². The second-order valence-electron chi connectivity index (χ2n) is 7.11. The predicted octanol–water partition coefficient (Wildman–Crippen LogP) is 2.29. The van der Waals surface area contributed by atoms with Crippen LogP contribution in [-0.4, -0.2) is 43.7 Å². The van der Waals surface area contributed by atoms with Crippen molar-refractivity contribution in [2.24, 2.45) is 17.8 Å². The van der Waals surface area contributed by atoms with Crippen LogP contribution >= 0.6 is 0 Å². The Morgan fingerprint density at radius 3 is 2.26 bits per heavy atom. The van der Waals surface area contributed by atoms with E-state index < -0.39 is 23.6 Å². The maximum absolute atomic E-state index is 12.6. The normalized spacial score (nSPS) is 42.0. The molecule has 1 saturated carbocycles. The van der Waals surface area contributed by atoms with Gasteiger partial charge in [-0.2, -0.15) is 0 Å². The lowest BCUT2D eigenvalue weighted by Gasteiger charge is -2.50. The van der Waals surface area contributed by atoms with Crippen molar-refractivity contribution >= 4 is 11.8 Å². The largest absolute Gasteiger partial charge is 0.425 e. The fraction of sp³-hybridized carbons (Fsp3) is 0.882. The first-order chi connectivity index (χ1) is 10.7. The molecule has 1 aliphatic carbocycles. The Bertz CT molecular complexity index is 476. The number of cyclic esters (lactones) is 1. The lowest BCUT2D eigenvalue weighted by atomic mass is 9.70. The van der Waals surface area contributed by atoms with Crippen LogP contribution in [0.4, 0.5) is 0 Å². The number of rotatable bonds is 4. The lowest BCUT2D eigenvalue weighted by Crippen LogP contribution is -2.65. The van der Waals surface area contributed by atoms with Crippen LogP contribution in [0.25, 0.3) is 0 Å². The minimum atomic E-state index is -1.33. The average molecular weight is 328 g/mol. The summed E-state index contributed by atoms with van der Waals surface area (Å²) in [6.45, 7) is 7.51. The Morgan fingerprint density at radius 1 is 1.13 bits per heavy atom. The van der Waals surface area contributed by atoms with E-state index in [0.29, 0.717) is 18.8 Å². The van der Waals surface area contributed by atoms with Crippen molar-refractivity contribution in [3.8, 4) is 0 Å². The second-order valence-corrected chi connectivity index (χ2v) is 7.11. The van der Waals surface area contributed by atoms with Crippen molar-refractivity contribution < 1.29 is 28.5 Å². The van der Waals surface area contributed by atoms with Crippen molar-refractivity contribution in [2.75, 3.05) is 14.2 Å². The molecule has 23 heavy (non-hydrogen) atoms. The minimum absolute atomic E-state index is 0.169. The Kier molecular flexibility index (Phi) is 5.18. The van der Waals surface area contributed by atoms with Gasteiger partial charge in [0, 0.05) is 39.9 Å². The van der Waals surface area contributed by atoms with Gasteiger partial charge in [-0.15, -0.1) is 0 Å². The average Bonchev–Trinajstić information content (AvgIpc) is 2.50. The number of Topliss-reactive ketones (excluding diaryl/α,β-unsaturated/α-hetero) is 1. The summed E-state index contributed by atoms with van der Waals surface area (Å²) >= 11 is 0. The quantitative estimate of drug-likeness (QED) is 0.738. The molecule has 0 spiro atoms. The summed E-state index contributed by atoms with van der Waals surface area (Å²) in [6.07, 6.45) is 0.865. The number of hydrogen-bond acceptors (Lipinski definition) is 6. The third-order valence-corrected chi connectivity index (χ3v) is 5.50. The van der Waals surface area contributed by atoms with Gasteiger partial charge in [-0.1, -0.05) is 13.8 Å². The second kappa shape index (κ2) is 6.49. The van der Waals surface area contributed by atoms with Crippen LogP contribution in [0.2, 0.25) is 0 Å². The van der Waals surface area contributed by atoms with E-state index in [1.807, 2.05) is 0 Å². The summed E-state index contributed by atoms with van der Waals surface area (Å²) in [6, 6.07) is 0. The third-order valence-electron chi connectivity index (χ3n) is 5.50. The van der Waals surface area contributed by atoms with Gasteiger partial charge in [0.05, 0.1) is 0 Å². The molecular formula is C17H28O6. The molecule has 132 valence electrons. The van der Waals surface area contributed by atoms with Crippen LogP contribution in [0.3, 0.4) is 0 Å². The molecule has 1 aliphatic heterocycles. The van der Waals surface area contributed by atoms with Gasteiger partial charge in [0.25, 0.3) is 5.79 Å². The summed E-state index contributed by atoms with van der Waals surface area (Å²) in [5.74, 6) is -2.49. The molecule has 0 aromatic rings. The van der Waals surface area contributed by atoms with Gasteiger partial charge in [-0.3, -0.25) is 4.79 Å². The molecule has 2 rings (SSSR count). The van der Waals surface area contributed by atoms with Crippen molar-refractivity contribution in [3.63, 3.8) is 0 Å². The summed E-state index contributed by atoms with van der Waals surface area (Å²) in [5.41, 5.74) is 0. The zero-order valence-corrected chi connectivity index (χ0v) is 14.9. The number of esters is 1. The highest BCUT2D eigenvalue weighted by atomic mass is 16.8. The van der Waals surface area contributed by atoms with Gasteiger partial charge in [-0.25, -0.2) is 4.79 Å². The number of carbonyl (C=O) groups is 2. The maximum atomic E-state index is 12.6. The molecule has 6 nitrogen and oxygen atoms in total. The molecule has 0 radical (unpaired) electrons.